The van der Waals surface area contributed by atoms with Crippen LogP contribution in [0.3, 0.4) is 0 Å². The predicted octanol–water partition coefficient (Wildman–Crippen LogP) is 4.01. The van der Waals surface area contributed by atoms with E-state index >= 15 is 0 Å². The molecule has 3 unspecified atom stereocenters. The largest absolute Gasteiger partial charge is 0.371 e. The van der Waals surface area contributed by atoms with Crippen LogP contribution in [0.5, 0.6) is 0 Å². The van der Waals surface area contributed by atoms with E-state index in [-0.39, 0.29) is 47.1 Å². The molecule has 0 aliphatic carbocycles. The van der Waals surface area contributed by atoms with Crippen LogP contribution in [0.1, 0.15) is 69.8 Å². The summed E-state index contributed by atoms with van der Waals surface area (Å²) in [5.74, 6) is -0.0677. The first-order valence-corrected chi connectivity index (χ1v) is 13.1. The van der Waals surface area contributed by atoms with Crippen molar-refractivity contribution in [1.29, 1.82) is 0 Å². The van der Waals surface area contributed by atoms with Gasteiger partial charge in [-0.15, -0.1) is 0 Å². The van der Waals surface area contributed by atoms with Crippen LogP contribution in [0.25, 0.3) is 0 Å². The van der Waals surface area contributed by atoms with Gasteiger partial charge in [-0.3, -0.25) is 14.4 Å². The topological polar surface area (TPSA) is 81.8 Å². The Labute approximate surface area is 214 Å². The van der Waals surface area contributed by atoms with Crippen LogP contribution in [0.2, 0.25) is 5.02 Å². The lowest BCUT2D eigenvalue weighted by molar-refractivity contribution is -0.140. The summed E-state index contributed by atoms with van der Waals surface area (Å²) in [6.07, 6.45) is 2.62. The number of carbonyl (C=O) groups is 3. The minimum Gasteiger partial charge on any atom is -0.371 e. The maximum atomic E-state index is 13.1. The summed E-state index contributed by atoms with van der Waals surface area (Å²) in [6.45, 7) is 13.6. The first-order chi connectivity index (χ1) is 16.3. The molecule has 1 aromatic rings. The average Bonchev–Trinajstić information content (AvgIpc) is 2.78. The summed E-state index contributed by atoms with van der Waals surface area (Å²) < 4.78 is 0. The molecule has 3 amide bonds. The SMILES string of the molecule is Cc1c(C(=O)NCC2C(=O)NC(C)CC2C)cc(Cl)cc1N(C)C1CCN(C(=O)C(C)(C)C)CC1. The molecule has 1 aromatic carbocycles. The molecule has 2 aliphatic heterocycles. The lowest BCUT2D eigenvalue weighted by Crippen LogP contribution is -2.50. The number of benzene rings is 1. The Kier molecular flexibility index (Phi) is 8.40. The van der Waals surface area contributed by atoms with Gasteiger partial charge in [-0.25, -0.2) is 0 Å². The summed E-state index contributed by atoms with van der Waals surface area (Å²) in [5.41, 5.74) is 1.92. The van der Waals surface area contributed by atoms with Crippen LogP contribution < -0.4 is 15.5 Å². The second-order valence-electron chi connectivity index (χ2n) is 11.4. The highest BCUT2D eigenvalue weighted by molar-refractivity contribution is 6.31. The predicted molar refractivity (Wildman–Crippen MR) is 141 cm³/mol. The van der Waals surface area contributed by atoms with E-state index in [2.05, 4.69) is 22.5 Å². The maximum Gasteiger partial charge on any atom is 0.251 e. The van der Waals surface area contributed by atoms with Crippen LogP contribution in [0, 0.1) is 24.2 Å². The molecule has 0 radical (unpaired) electrons. The van der Waals surface area contributed by atoms with Crippen molar-refractivity contribution in [2.24, 2.45) is 17.3 Å². The molecule has 7 nitrogen and oxygen atoms in total. The van der Waals surface area contributed by atoms with Gasteiger partial charge in [0.15, 0.2) is 0 Å². The Bertz CT molecular complexity index is 966. The van der Waals surface area contributed by atoms with Crippen molar-refractivity contribution < 1.29 is 14.4 Å². The number of rotatable bonds is 5. The Morgan fingerprint density at radius 2 is 1.83 bits per heavy atom. The minimum absolute atomic E-state index is 0.00364. The highest BCUT2D eigenvalue weighted by atomic mass is 35.5. The zero-order valence-electron chi connectivity index (χ0n) is 22.2. The van der Waals surface area contributed by atoms with E-state index in [1.54, 1.807) is 6.07 Å². The van der Waals surface area contributed by atoms with Crippen LogP contribution in [-0.2, 0) is 9.59 Å². The van der Waals surface area contributed by atoms with Gasteiger partial charge in [0.1, 0.15) is 0 Å². The van der Waals surface area contributed by atoms with Gasteiger partial charge in [0.25, 0.3) is 5.91 Å². The van der Waals surface area contributed by atoms with E-state index in [1.165, 1.54) is 0 Å². The van der Waals surface area contributed by atoms with Crippen molar-refractivity contribution in [2.45, 2.75) is 72.9 Å². The summed E-state index contributed by atoms with van der Waals surface area (Å²) in [5, 5.41) is 6.45. The lowest BCUT2D eigenvalue weighted by Gasteiger charge is -2.40. The van der Waals surface area contributed by atoms with Crippen LogP contribution in [0.4, 0.5) is 5.69 Å². The quantitative estimate of drug-likeness (QED) is 0.634. The molecular weight excluding hydrogens is 464 g/mol. The van der Waals surface area contributed by atoms with Crippen molar-refractivity contribution >= 4 is 35.0 Å². The number of hydrogen-bond acceptors (Lipinski definition) is 4. The normalized spacial score (nSPS) is 23.6. The molecule has 0 aromatic heterocycles. The third-order valence-electron chi connectivity index (χ3n) is 7.53. The molecule has 35 heavy (non-hydrogen) atoms. The summed E-state index contributed by atoms with van der Waals surface area (Å²) in [6, 6.07) is 4.01. The maximum absolute atomic E-state index is 13.1. The summed E-state index contributed by atoms with van der Waals surface area (Å²) in [4.78, 5) is 42.3. The number of nitrogens with one attached hydrogen (secondary N) is 2. The van der Waals surface area contributed by atoms with Crippen LogP contribution in [-0.4, -0.2) is 61.4 Å². The fraction of sp³-hybridized carbons (Fsp3) is 0.667. The Balaban J connectivity index is 1.69. The standard InChI is InChI=1S/C27H41ClN4O3/c1-16-12-17(2)30-25(34)22(16)15-29-24(33)21-13-19(28)14-23(18(21)3)31(7)20-8-10-32(11-9-20)26(35)27(4,5)6/h13-14,16-17,20,22H,8-12,15H2,1-7H3,(H,29,33)(H,30,34). The van der Waals surface area contributed by atoms with Crippen LogP contribution >= 0.6 is 11.6 Å². The number of likely N-dealkylation sites (tertiary alicyclic amines) is 1. The van der Waals surface area contributed by atoms with Crippen molar-refractivity contribution in [3.8, 4) is 0 Å². The molecule has 2 fully saturated rings. The molecule has 2 N–H and O–H groups in total. The second-order valence-corrected chi connectivity index (χ2v) is 11.9. The average molecular weight is 505 g/mol. The van der Waals surface area contributed by atoms with Crippen LogP contribution in [0.15, 0.2) is 12.1 Å². The molecule has 0 saturated carbocycles. The zero-order chi connectivity index (χ0) is 26.1. The first-order valence-electron chi connectivity index (χ1n) is 12.7. The van der Waals surface area contributed by atoms with E-state index in [4.69, 9.17) is 11.6 Å². The summed E-state index contributed by atoms with van der Waals surface area (Å²) >= 11 is 6.45. The number of hydrogen-bond donors (Lipinski definition) is 2. The Morgan fingerprint density at radius 3 is 2.40 bits per heavy atom. The zero-order valence-corrected chi connectivity index (χ0v) is 23.0. The fourth-order valence-corrected chi connectivity index (χ4v) is 5.59. The Hall–Kier alpha value is -2.28. The fourth-order valence-electron chi connectivity index (χ4n) is 5.38. The third kappa shape index (κ3) is 6.29. The van der Waals surface area contributed by atoms with Crippen molar-refractivity contribution in [3.63, 3.8) is 0 Å². The van der Waals surface area contributed by atoms with Crippen molar-refractivity contribution in [3.05, 3.63) is 28.3 Å². The molecule has 2 heterocycles. The number of anilines is 1. The van der Waals surface area contributed by atoms with Gasteiger partial charge in [0.2, 0.25) is 11.8 Å². The lowest BCUT2D eigenvalue weighted by atomic mass is 9.84. The molecule has 2 saturated heterocycles. The minimum atomic E-state index is -0.376. The summed E-state index contributed by atoms with van der Waals surface area (Å²) in [7, 11) is 2.03. The van der Waals surface area contributed by atoms with E-state index in [1.807, 2.05) is 52.6 Å². The van der Waals surface area contributed by atoms with Crippen molar-refractivity contribution in [1.82, 2.24) is 15.5 Å². The third-order valence-corrected chi connectivity index (χ3v) is 7.75. The highest BCUT2D eigenvalue weighted by Gasteiger charge is 2.34. The smallest absolute Gasteiger partial charge is 0.251 e. The van der Waals surface area contributed by atoms with E-state index in [9.17, 15) is 14.4 Å². The van der Waals surface area contributed by atoms with E-state index in [0.29, 0.717) is 17.1 Å². The second kappa shape index (κ2) is 10.8. The molecule has 3 rings (SSSR count). The number of piperidine rings is 2. The van der Waals surface area contributed by atoms with Gasteiger partial charge in [-0.05, 0) is 56.7 Å². The molecule has 2 aliphatic rings. The van der Waals surface area contributed by atoms with Gasteiger partial charge in [0.05, 0.1) is 5.92 Å². The molecule has 8 heteroatoms. The van der Waals surface area contributed by atoms with Gasteiger partial charge in [-0.2, -0.15) is 0 Å². The highest BCUT2D eigenvalue weighted by Crippen LogP contribution is 2.32. The molecular formula is C27H41ClN4O3. The number of amides is 3. The monoisotopic (exact) mass is 504 g/mol. The molecule has 3 atom stereocenters. The molecule has 194 valence electrons. The van der Waals surface area contributed by atoms with Gasteiger partial charge in [0, 0.05) is 60.5 Å². The number of carbonyl (C=O) groups excluding carboxylic acids is 3. The first kappa shape index (κ1) is 27.3. The van der Waals surface area contributed by atoms with E-state index < -0.39 is 0 Å². The van der Waals surface area contributed by atoms with Gasteiger partial charge in [-0.1, -0.05) is 39.3 Å². The van der Waals surface area contributed by atoms with Crippen molar-refractivity contribution in [2.75, 3.05) is 31.6 Å². The molecule has 0 spiro atoms. The van der Waals surface area contributed by atoms with Gasteiger partial charge >= 0.3 is 0 Å². The van der Waals surface area contributed by atoms with Gasteiger partial charge < -0.3 is 20.4 Å². The number of nitrogens with zero attached hydrogens (tertiary/aromatic N) is 2. The molecule has 0 bridgehead atoms. The van der Waals surface area contributed by atoms with E-state index in [0.717, 1.165) is 43.6 Å². The number of halogens is 1. The Morgan fingerprint density at radius 1 is 1.20 bits per heavy atom.